The van der Waals surface area contributed by atoms with Crippen LogP contribution in [-0.4, -0.2) is 33.8 Å². The Bertz CT molecular complexity index is 735. The summed E-state index contributed by atoms with van der Waals surface area (Å²) in [5, 5.41) is 7.64. The molecule has 1 N–H and O–H groups in total. The molecular weight excluding hydrogens is 338 g/mol. The third kappa shape index (κ3) is 3.95. The molecule has 0 radical (unpaired) electrons. The van der Waals surface area contributed by atoms with E-state index in [0.29, 0.717) is 22.1 Å². The summed E-state index contributed by atoms with van der Waals surface area (Å²) >= 11 is 6.36. The van der Waals surface area contributed by atoms with Crippen LogP contribution >= 0.6 is 11.6 Å². The third-order valence-corrected chi connectivity index (χ3v) is 4.84. The normalized spacial score (nSPS) is 14.1. The lowest BCUT2D eigenvalue weighted by molar-refractivity contribution is 0.102. The maximum absolute atomic E-state index is 12.6. The summed E-state index contributed by atoms with van der Waals surface area (Å²) in [4.78, 5) is 19.3. The van der Waals surface area contributed by atoms with Gasteiger partial charge in [0, 0.05) is 19.6 Å². The summed E-state index contributed by atoms with van der Waals surface area (Å²) in [7, 11) is 0. The van der Waals surface area contributed by atoms with Crippen molar-refractivity contribution in [3.8, 4) is 0 Å². The number of hydrogen-bond acceptors (Lipinski definition) is 4. The molecule has 1 fully saturated rings. The zero-order chi connectivity index (χ0) is 17.8. The van der Waals surface area contributed by atoms with Crippen LogP contribution in [0.4, 0.5) is 11.5 Å². The monoisotopic (exact) mass is 361 g/mol. The fourth-order valence-corrected chi connectivity index (χ4v) is 3.40. The summed E-state index contributed by atoms with van der Waals surface area (Å²) in [5.74, 6) is 0.707. The van der Waals surface area contributed by atoms with Crippen molar-refractivity contribution in [2.24, 2.45) is 0 Å². The SMILES string of the molecule is CCCCn1nc(C)c(C(=O)Nc2ccc(N3CCCC3)nc2)c1Cl. The Labute approximate surface area is 153 Å². The molecule has 3 heterocycles. The van der Waals surface area contributed by atoms with E-state index in [1.54, 1.807) is 17.8 Å². The standard InChI is InChI=1S/C18H24ClN5O/c1-3-4-11-24-17(19)16(13(2)22-24)18(25)21-14-7-8-15(20-12-14)23-9-5-6-10-23/h7-8,12H,3-6,9-11H2,1-2H3,(H,21,25). The number of amides is 1. The van der Waals surface area contributed by atoms with E-state index in [1.807, 2.05) is 12.1 Å². The number of aryl methyl sites for hydroxylation is 2. The number of aromatic nitrogens is 3. The smallest absolute Gasteiger partial charge is 0.260 e. The first-order chi connectivity index (χ1) is 12.1. The quantitative estimate of drug-likeness (QED) is 0.847. The fraction of sp³-hybridized carbons (Fsp3) is 0.500. The van der Waals surface area contributed by atoms with E-state index < -0.39 is 0 Å². The molecule has 3 rings (SSSR count). The van der Waals surface area contributed by atoms with Crippen LogP contribution in [0.3, 0.4) is 0 Å². The van der Waals surface area contributed by atoms with Crippen LogP contribution in [0.1, 0.15) is 48.7 Å². The largest absolute Gasteiger partial charge is 0.357 e. The predicted octanol–water partition coefficient (Wildman–Crippen LogP) is 3.89. The van der Waals surface area contributed by atoms with Crippen LogP contribution in [0.15, 0.2) is 18.3 Å². The van der Waals surface area contributed by atoms with E-state index in [2.05, 4.69) is 27.2 Å². The average Bonchev–Trinajstić information content (AvgIpc) is 3.22. The first-order valence-electron chi connectivity index (χ1n) is 8.85. The van der Waals surface area contributed by atoms with E-state index >= 15 is 0 Å². The first-order valence-corrected chi connectivity index (χ1v) is 9.23. The topological polar surface area (TPSA) is 63.1 Å². The molecule has 7 heteroatoms. The Morgan fingerprint density at radius 1 is 1.32 bits per heavy atom. The summed E-state index contributed by atoms with van der Waals surface area (Å²) in [6.07, 6.45) is 6.13. The van der Waals surface area contributed by atoms with Crippen molar-refractivity contribution in [2.75, 3.05) is 23.3 Å². The van der Waals surface area contributed by atoms with Crippen molar-refractivity contribution >= 4 is 29.0 Å². The summed E-state index contributed by atoms with van der Waals surface area (Å²) < 4.78 is 1.70. The number of halogens is 1. The van der Waals surface area contributed by atoms with Gasteiger partial charge in [-0.15, -0.1) is 0 Å². The van der Waals surface area contributed by atoms with Gasteiger partial charge < -0.3 is 10.2 Å². The summed E-state index contributed by atoms with van der Waals surface area (Å²) in [6.45, 7) is 6.72. The molecule has 1 amide bonds. The molecule has 134 valence electrons. The third-order valence-electron chi connectivity index (χ3n) is 4.45. The number of unbranched alkanes of at least 4 members (excludes halogenated alkanes) is 1. The number of pyridine rings is 1. The van der Waals surface area contributed by atoms with Crippen molar-refractivity contribution < 1.29 is 4.79 Å². The van der Waals surface area contributed by atoms with Crippen LogP contribution in [0, 0.1) is 6.92 Å². The first kappa shape index (κ1) is 17.7. The molecule has 0 unspecified atom stereocenters. The molecule has 1 aliphatic rings. The molecule has 2 aromatic heterocycles. The van der Waals surface area contributed by atoms with Gasteiger partial charge in [0.15, 0.2) is 0 Å². The number of carbonyl (C=O) groups excluding carboxylic acids is 1. The second kappa shape index (κ2) is 7.87. The highest BCUT2D eigenvalue weighted by Gasteiger charge is 2.20. The number of carbonyl (C=O) groups is 1. The van der Waals surface area contributed by atoms with E-state index in [1.165, 1.54) is 12.8 Å². The highest BCUT2D eigenvalue weighted by atomic mass is 35.5. The lowest BCUT2D eigenvalue weighted by Crippen LogP contribution is -2.19. The van der Waals surface area contributed by atoms with E-state index in [9.17, 15) is 4.79 Å². The van der Waals surface area contributed by atoms with Gasteiger partial charge in [0.25, 0.3) is 5.91 Å². The fourth-order valence-electron chi connectivity index (χ4n) is 3.05. The molecule has 0 spiro atoms. The van der Waals surface area contributed by atoms with E-state index in [-0.39, 0.29) is 5.91 Å². The van der Waals surface area contributed by atoms with Crippen LogP contribution in [0.25, 0.3) is 0 Å². The van der Waals surface area contributed by atoms with Crippen molar-refractivity contribution in [3.63, 3.8) is 0 Å². The van der Waals surface area contributed by atoms with Gasteiger partial charge in [0.1, 0.15) is 11.0 Å². The Kier molecular flexibility index (Phi) is 5.58. The lowest BCUT2D eigenvalue weighted by atomic mass is 10.2. The second-order valence-corrected chi connectivity index (χ2v) is 6.74. The van der Waals surface area contributed by atoms with E-state index in [4.69, 9.17) is 11.6 Å². The predicted molar refractivity (Wildman–Crippen MR) is 101 cm³/mol. The summed E-state index contributed by atoms with van der Waals surface area (Å²) in [5.41, 5.74) is 1.73. The Balaban J connectivity index is 1.70. The second-order valence-electron chi connectivity index (χ2n) is 6.38. The number of nitrogens with zero attached hydrogens (tertiary/aromatic N) is 4. The lowest BCUT2D eigenvalue weighted by Gasteiger charge is -2.16. The van der Waals surface area contributed by atoms with Crippen molar-refractivity contribution in [2.45, 2.75) is 46.1 Å². The van der Waals surface area contributed by atoms with Gasteiger partial charge in [0.2, 0.25) is 0 Å². The van der Waals surface area contributed by atoms with Gasteiger partial charge in [-0.1, -0.05) is 24.9 Å². The molecule has 2 aromatic rings. The van der Waals surface area contributed by atoms with Gasteiger partial charge in [0.05, 0.1) is 23.1 Å². The van der Waals surface area contributed by atoms with Gasteiger partial charge >= 0.3 is 0 Å². The average molecular weight is 362 g/mol. The molecule has 0 atom stereocenters. The highest BCUT2D eigenvalue weighted by molar-refractivity contribution is 6.33. The zero-order valence-corrected chi connectivity index (χ0v) is 15.5. The Morgan fingerprint density at radius 2 is 2.08 bits per heavy atom. The number of nitrogens with one attached hydrogen (secondary N) is 1. The molecule has 0 saturated carbocycles. The molecule has 25 heavy (non-hydrogen) atoms. The van der Waals surface area contributed by atoms with E-state index in [0.717, 1.165) is 38.3 Å². The van der Waals surface area contributed by atoms with Crippen LogP contribution in [-0.2, 0) is 6.54 Å². The Hall–Kier alpha value is -2.08. The zero-order valence-electron chi connectivity index (χ0n) is 14.8. The van der Waals surface area contributed by atoms with Crippen LogP contribution in [0.2, 0.25) is 5.15 Å². The molecule has 0 aromatic carbocycles. The molecule has 6 nitrogen and oxygen atoms in total. The molecule has 1 saturated heterocycles. The van der Waals surface area contributed by atoms with Crippen LogP contribution < -0.4 is 10.2 Å². The van der Waals surface area contributed by atoms with Crippen molar-refractivity contribution in [1.29, 1.82) is 0 Å². The number of anilines is 2. The maximum Gasteiger partial charge on any atom is 0.260 e. The number of rotatable bonds is 6. The van der Waals surface area contributed by atoms with Crippen molar-refractivity contribution in [1.82, 2.24) is 14.8 Å². The minimum atomic E-state index is -0.249. The molecule has 0 aliphatic carbocycles. The van der Waals surface area contributed by atoms with Crippen LogP contribution in [0.5, 0.6) is 0 Å². The maximum atomic E-state index is 12.6. The Morgan fingerprint density at radius 3 is 2.72 bits per heavy atom. The minimum Gasteiger partial charge on any atom is -0.357 e. The molecule has 1 aliphatic heterocycles. The van der Waals surface area contributed by atoms with Gasteiger partial charge in [-0.3, -0.25) is 9.48 Å². The summed E-state index contributed by atoms with van der Waals surface area (Å²) in [6, 6.07) is 3.82. The van der Waals surface area contributed by atoms with Gasteiger partial charge in [-0.25, -0.2) is 4.98 Å². The van der Waals surface area contributed by atoms with Gasteiger partial charge in [-0.2, -0.15) is 5.10 Å². The minimum absolute atomic E-state index is 0.249. The van der Waals surface area contributed by atoms with Gasteiger partial charge in [-0.05, 0) is 38.3 Å². The molecule has 0 bridgehead atoms. The van der Waals surface area contributed by atoms with Crippen molar-refractivity contribution in [3.05, 3.63) is 34.7 Å². The number of hydrogen-bond donors (Lipinski definition) is 1. The highest BCUT2D eigenvalue weighted by Crippen LogP contribution is 2.23. The molecular formula is C18H24ClN5O.